The number of aliphatic carboxylic acids is 2. The molecule has 0 aromatic carbocycles. The van der Waals surface area contributed by atoms with Crippen LogP contribution in [0.25, 0.3) is 11.2 Å². The summed E-state index contributed by atoms with van der Waals surface area (Å²) in [7, 11) is -4.86. The van der Waals surface area contributed by atoms with E-state index in [1.54, 1.807) is 0 Å². The number of halogens is 2. The summed E-state index contributed by atoms with van der Waals surface area (Å²) in [5.41, 5.74) is 5.68. The van der Waals surface area contributed by atoms with Crippen LogP contribution >= 0.6 is 11.6 Å². The minimum Gasteiger partial charge on any atom is -0.478 e. The number of alkyl halides is 1. The zero-order valence-electron chi connectivity index (χ0n) is 15.4. The molecule has 0 saturated carbocycles. The smallest absolute Gasteiger partial charge is 0.364 e. The topological polar surface area (TPSA) is 217 Å². The molecule has 1 aliphatic rings. The quantitative estimate of drug-likeness (QED) is 0.263. The third-order valence-corrected chi connectivity index (χ3v) is 6.21. The van der Waals surface area contributed by atoms with Crippen molar-refractivity contribution < 1.29 is 47.2 Å². The number of carbonyl (C=O) groups is 2. The zero-order chi connectivity index (χ0) is 23.3. The number of imidazole rings is 1. The maximum Gasteiger partial charge on any atom is 0.364 e. The van der Waals surface area contributed by atoms with Gasteiger partial charge in [-0.2, -0.15) is 9.97 Å². The lowest BCUT2D eigenvalue weighted by molar-refractivity contribution is -0.176. The highest BCUT2D eigenvalue weighted by molar-refractivity contribution is 7.93. The minimum absolute atomic E-state index is 0.0412. The van der Waals surface area contributed by atoms with Crippen LogP contribution in [0.1, 0.15) is 6.23 Å². The molecule has 17 heteroatoms. The van der Waals surface area contributed by atoms with Crippen molar-refractivity contribution in [2.75, 3.05) is 18.6 Å². The molecule has 2 aromatic rings. The molecule has 5 N–H and O–H groups in total. The van der Waals surface area contributed by atoms with Gasteiger partial charge in [0.1, 0.15) is 17.7 Å². The monoisotopic (exact) mass is 483 g/mol. The highest BCUT2D eigenvalue weighted by Crippen LogP contribution is 2.35. The summed E-state index contributed by atoms with van der Waals surface area (Å²) in [5, 5.41) is 28.2. The molecule has 1 saturated heterocycles. The van der Waals surface area contributed by atoms with Crippen molar-refractivity contribution >= 4 is 50.4 Å². The van der Waals surface area contributed by atoms with E-state index in [1.165, 1.54) is 0 Å². The van der Waals surface area contributed by atoms with E-state index >= 15 is 0 Å². The highest BCUT2D eigenvalue weighted by atomic mass is 35.5. The zero-order valence-corrected chi connectivity index (χ0v) is 17.0. The van der Waals surface area contributed by atoms with Crippen LogP contribution < -0.4 is 5.73 Å². The van der Waals surface area contributed by atoms with E-state index < -0.39 is 57.9 Å². The Kier molecular flexibility index (Phi) is 5.78. The number of anilines is 1. The summed E-state index contributed by atoms with van der Waals surface area (Å²) in [6.45, 7) is -1.09. The number of nitrogen functional groups attached to an aromatic ring is 1. The summed E-state index contributed by atoms with van der Waals surface area (Å²) in [5.74, 6) is -4.76. The van der Waals surface area contributed by atoms with Gasteiger partial charge in [-0.15, -0.1) is 0 Å². The number of rotatable bonds is 7. The molecule has 4 atom stereocenters. The van der Waals surface area contributed by atoms with Crippen molar-refractivity contribution in [3.05, 3.63) is 11.6 Å². The van der Waals surface area contributed by atoms with Crippen LogP contribution in [-0.4, -0.2) is 91.4 Å². The molecule has 0 aliphatic carbocycles. The van der Waals surface area contributed by atoms with Crippen LogP contribution in [0.4, 0.5) is 10.2 Å². The van der Waals surface area contributed by atoms with Gasteiger partial charge in [0.15, 0.2) is 33.7 Å². The molecule has 0 bridgehead atoms. The van der Waals surface area contributed by atoms with E-state index in [0.717, 1.165) is 10.9 Å². The second kappa shape index (κ2) is 7.79. The predicted octanol–water partition coefficient (Wildman–Crippen LogP) is -1.42. The lowest BCUT2D eigenvalue weighted by Gasteiger charge is -2.25. The number of hydrogen-bond donors (Lipinski definition) is 4. The number of aliphatic hydroxyl groups is 1. The number of carboxylic acids is 2. The van der Waals surface area contributed by atoms with Gasteiger partial charge in [0.2, 0.25) is 5.28 Å². The van der Waals surface area contributed by atoms with Crippen molar-refractivity contribution in [1.29, 1.82) is 0 Å². The van der Waals surface area contributed by atoms with Crippen molar-refractivity contribution in [1.82, 2.24) is 19.5 Å². The predicted molar refractivity (Wildman–Crippen MR) is 98.4 cm³/mol. The Hall–Kier alpha value is -2.66. The number of hydrogen-bond acceptors (Lipinski definition) is 11. The number of carboxylic acid groups (broad SMARTS) is 2. The lowest BCUT2D eigenvalue weighted by Crippen LogP contribution is -2.56. The first-order valence-electron chi connectivity index (χ1n) is 8.24. The summed E-state index contributed by atoms with van der Waals surface area (Å²) in [4.78, 5) is 30.6. The van der Waals surface area contributed by atoms with Gasteiger partial charge in [0.25, 0.3) is 0 Å². The van der Waals surface area contributed by atoms with Gasteiger partial charge in [-0.3, -0.25) is 4.57 Å². The summed E-state index contributed by atoms with van der Waals surface area (Å²) >= 11 is 5.74. The van der Waals surface area contributed by atoms with Crippen molar-refractivity contribution in [2.45, 2.75) is 29.5 Å². The Morgan fingerprint density at radius 2 is 2.00 bits per heavy atom. The molecule has 170 valence electrons. The van der Waals surface area contributed by atoms with Crippen LogP contribution in [0.15, 0.2) is 6.33 Å². The minimum atomic E-state index is -4.86. The molecule has 31 heavy (non-hydrogen) atoms. The number of nitrogens with two attached hydrogens (primary N) is 1. The average molecular weight is 484 g/mol. The molecule has 0 spiro atoms. The number of aliphatic hydroxyl groups excluding tert-OH is 1. The van der Waals surface area contributed by atoms with Gasteiger partial charge in [-0.25, -0.2) is 27.4 Å². The van der Waals surface area contributed by atoms with Crippen LogP contribution in [0.2, 0.25) is 5.28 Å². The first kappa shape index (κ1) is 23.0. The Labute approximate surface area is 177 Å². The normalized spacial score (nSPS) is 24.5. The van der Waals surface area contributed by atoms with E-state index in [4.69, 9.17) is 22.1 Å². The van der Waals surface area contributed by atoms with E-state index in [2.05, 4.69) is 19.7 Å². The van der Waals surface area contributed by atoms with Crippen molar-refractivity contribution in [3.8, 4) is 0 Å². The third-order valence-electron chi connectivity index (χ3n) is 4.53. The maximum absolute atomic E-state index is 14.8. The number of sulfone groups is 1. The first-order valence-corrected chi connectivity index (χ1v) is 10.5. The molecule has 14 nitrogen and oxygen atoms in total. The fourth-order valence-corrected chi connectivity index (χ4v) is 4.09. The highest BCUT2D eigenvalue weighted by Gasteiger charge is 2.59. The van der Waals surface area contributed by atoms with Gasteiger partial charge in [-0.1, -0.05) is 0 Å². The number of nitrogens with zero attached hydrogens (tertiary/aromatic N) is 4. The molecule has 0 radical (unpaired) electrons. The second-order valence-electron chi connectivity index (χ2n) is 6.51. The van der Waals surface area contributed by atoms with Gasteiger partial charge in [0.05, 0.1) is 12.9 Å². The molecular formula is C14H15ClFN5O9S. The first-order chi connectivity index (χ1) is 14.3. The van der Waals surface area contributed by atoms with Crippen molar-refractivity contribution in [3.63, 3.8) is 0 Å². The van der Waals surface area contributed by atoms with Gasteiger partial charge >= 0.3 is 16.9 Å². The molecule has 3 rings (SSSR count). The number of fused-ring (bicyclic) bond motifs is 1. The van der Waals surface area contributed by atoms with Crippen LogP contribution in [0.5, 0.6) is 0 Å². The van der Waals surface area contributed by atoms with E-state index in [9.17, 15) is 37.7 Å². The molecule has 1 fully saturated rings. The Morgan fingerprint density at radius 1 is 1.39 bits per heavy atom. The Bertz CT molecular complexity index is 1140. The molecule has 1 unspecified atom stereocenters. The van der Waals surface area contributed by atoms with Crippen LogP contribution in [0, 0.1) is 0 Å². The second-order valence-corrected chi connectivity index (χ2v) is 8.97. The van der Waals surface area contributed by atoms with Crippen molar-refractivity contribution in [2.24, 2.45) is 0 Å². The fourth-order valence-electron chi connectivity index (χ4n) is 3.00. The summed E-state index contributed by atoms with van der Waals surface area (Å²) < 4.78 is 49.5. The van der Waals surface area contributed by atoms with Crippen LogP contribution in [-0.2, 0) is 28.9 Å². The maximum atomic E-state index is 14.8. The SMILES string of the molecule is CS(=O)(=O)C(OC[C@H]1OC(n2cnc3c(N)nc(Cl)nc32)[C@@H](F)[C@@H]1O)(C(=O)O)C(=O)O. The fraction of sp³-hybridized carbons (Fsp3) is 0.500. The summed E-state index contributed by atoms with van der Waals surface area (Å²) in [6, 6.07) is 0. The largest absolute Gasteiger partial charge is 0.478 e. The molecule has 1 aliphatic heterocycles. The molecule has 3 heterocycles. The standard InChI is InChI=1S/C14H15ClFN5O9S/c1-31(27,28)14(11(23)24,12(25)26)29-2-4-7(22)5(16)10(30-4)21-3-18-6-8(17)19-13(15)20-9(6)21/h3-5,7,10,22H,2H2,1H3,(H,23,24)(H,25,26)(H2,17,19,20)/t4-,5+,7-,10?/m1/s1. The molecule has 0 amide bonds. The van der Waals surface area contributed by atoms with Gasteiger partial charge in [0, 0.05) is 6.26 Å². The average Bonchev–Trinajstić information content (AvgIpc) is 3.16. The van der Waals surface area contributed by atoms with Gasteiger partial charge in [-0.05, 0) is 11.6 Å². The van der Waals surface area contributed by atoms with E-state index in [-0.39, 0.29) is 22.3 Å². The number of aromatic nitrogens is 4. The third kappa shape index (κ3) is 3.65. The number of ether oxygens (including phenoxy) is 2. The van der Waals surface area contributed by atoms with E-state index in [1.807, 2.05) is 0 Å². The van der Waals surface area contributed by atoms with E-state index in [0.29, 0.717) is 6.26 Å². The Morgan fingerprint density at radius 3 is 2.55 bits per heavy atom. The van der Waals surface area contributed by atoms with Crippen LogP contribution in [0.3, 0.4) is 0 Å². The van der Waals surface area contributed by atoms with Gasteiger partial charge < -0.3 is 30.5 Å². The Balaban J connectivity index is 1.90. The molecular weight excluding hydrogens is 469 g/mol. The molecule has 2 aromatic heterocycles. The summed E-state index contributed by atoms with van der Waals surface area (Å²) in [6.07, 6.45) is -5.91. The lowest BCUT2D eigenvalue weighted by atomic mass is 10.1.